The van der Waals surface area contributed by atoms with E-state index in [2.05, 4.69) is 15.3 Å². The molecule has 1 atom stereocenters. The summed E-state index contributed by atoms with van der Waals surface area (Å²) < 4.78 is 5.43. The number of nitrogens with one attached hydrogen (secondary N) is 2. The minimum Gasteiger partial charge on any atom is -0.466 e. The van der Waals surface area contributed by atoms with Gasteiger partial charge in [-0.25, -0.2) is 4.98 Å². The van der Waals surface area contributed by atoms with Crippen LogP contribution in [0, 0.1) is 27.7 Å². The molecule has 1 amide bonds. The van der Waals surface area contributed by atoms with Gasteiger partial charge in [-0.15, -0.1) is 0 Å². The van der Waals surface area contributed by atoms with Crippen molar-refractivity contribution in [2.24, 2.45) is 0 Å². The Morgan fingerprint density at radius 2 is 2.04 bits per heavy atom. The molecule has 0 radical (unpaired) electrons. The molecule has 0 aliphatic heterocycles. The van der Waals surface area contributed by atoms with E-state index >= 15 is 0 Å². The lowest BCUT2D eigenvalue weighted by Crippen LogP contribution is -2.39. The summed E-state index contributed by atoms with van der Waals surface area (Å²) in [5, 5.41) is 13.3. The number of H-pyrrole nitrogens is 1. The van der Waals surface area contributed by atoms with E-state index in [1.807, 2.05) is 0 Å². The highest BCUT2D eigenvalue weighted by molar-refractivity contribution is 5.76. The summed E-state index contributed by atoms with van der Waals surface area (Å²) in [6, 6.07) is 1.77. The van der Waals surface area contributed by atoms with E-state index in [0.29, 0.717) is 40.6 Å². The van der Waals surface area contributed by atoms with Crippen molar-refractivity contribution >= 4 is 5.91 Å². The van der Waals surface area contributed by atoms with Crippen molar-refractivity contribution in [1.82, 2.24) is 15.3 Å². The quantitative estimate of drug-likeness (QED) is 0.735. The van der Waals surface area contributed by atoms with Crippen LogP contribution < -0.4 is 10.9 Å². The topological polar surface area (TPSA) is 108 Å². The minimum absolute atomic E-state index is 0.0626. The maximum absolute atomic E-state index is 12.1. The van der Waals surface area contributed by atoms with Gasteiger partial charge in [0.05, 0.1) is 6.54 Å². The molecule has 0 saturated heterocycles. The van der Waals surface area contributed by atoms with Crippen molar-refractivity contribution < 1.29 is 14.3 Å². The fourth-order valence-electron chi connectivity index (χ4n) is 2.90. The lowest BCUT2D eigenvalue weighted by atomic mass is 9.96. The molecule has 0 aliphatic rings. The van der Waals surface area contributed by atoms with E-state index < -0.39 is 5.60 Å². The largest absolute Gasteiger partial charge is 0.466 e. The van der Waals surface area contributed by atoms with Crippen molar-refractivity contribution in [3.63, 3.8) is 0 Å². The van der Waals surface area contributed by atoms with Crippen LogP contribution in [0.1, 0.15) is 47.5 Å². The number of rotatable bonds is 6. The minimum atomic E-state index is -1.23. The van der Waals surface area contributed by atoms with Gasteiger partial charge < -0.3 is 19.8 Å². The summed E-state index contributed by atoms with van der Waals surface area (Å²) in [7, 11) is 0. The Labute approximate surface area is 146 Å². The van der Waals surface area contributed by atoms with Crippen molar-refractivity contribution in [1.29, 1.82) is 0 Å². The zero-order chi connectivity index (χ0) is 18.8. The van der Waals surface area contributed by atoms with Gasteiger partial charge in [0, 0.05) is 23.2 Å². The molecular formula is C18H25N3O4. The molecule has 0 spiro atoms. The first-order chi connectivity index (χ1) is 11.6. The first-order valence-corrected chi connectivity index (χ1v) is 8.23. The molecule has 1 unspecified atom stereocenters. The monoisotopic (exact) mass is 347 g/mol. The van der Waals surface area contributed by atoms with Crippen molar-refractivity contribution in [2.45, 2.75) is 53.1 Å². The van der Waals surface area contributed by atoms with Crippen LogP contribution in [0.3, 0.4) is 0 Å². The number of carbonyl (C=O) groups excluding carboxylic acids is 1. The van der Waals surface area contributed by atoms with Gasteiger partial charge in [-0.3, -0.25) is 9.59 Å². The van der Waals surface area contributed by atoms with Crippen LogP contribution in [-0.4, -0.2) is 27.5 Å². The zero-order valence-electron chi connectivity index (χ0n) is 15.3. The van der Waals surface area contributed by atoms with Gasteiger partial charge in [0.1, 0.15) is 22.9 Å². The number of amides is 1. The van der Waals surface area contributed by atoms with E-state index in [1.165, 1.54) is 0 Å². The Balaban J connectivity index is 1.95. The molecule has 2 heterocycles. The molecule has 3 N–H and O–H groups in total. The molecule has 2 rings (SSSR count). The molecule has 0 fully saturated rings. The standard InChI is InChI=1S/C18H25N3O4/c1-10-8-15(12(3)25-10)18(5,24)9-19-16(22)7-6-14-11(2)20-13(4)21-17(14)23/h8,24H,6-7,9H2,1-5H3,(H,19,22)(H,20,21,23). The summed E-state index contributed by atoms with van der Waals surface area (Å²) >= 11 is 0. The fourth-order valence-corrected chi connectivity index (χ4v) is 2.90. The zero-order valence-corrected chi connectivity index (χ0v) is 15.3. The number of aromatic amines is 1. The third-order valence-corrected chi connectivity index (χ3v) is 4.19. The lowest BCUT2D eigenvalue weighted by molar-refractivity contribution is -0.122. The molecule has 136 valence electrons. The van der Waals surface area contributed by atoms with E-state index in [9.17, 15) is 14.7 Å². The third kappa shape index (κ3) is 4.57. The highest BCUT2D eigenvalue weighted by Gasteiger charge is 2.28. The average Bonchev–Trinajstić information content (AvgIpc) is 2.83. The second-order valence-electron chi connectivity index (χ2n) is 6.59. The Hall–Kier alpha value is -2.41. The number of hydrogen-bond donors (Lipinski definition) is 3. The molecule has 7 nitrogen and oxygen atoms in total. The van der Waals surface area contributed by atoms with Gasteiger partial charge in [-0.05, 0) is 47.1 Å². The highest BCUT2D eigenvalue weighted by Crippen LogP contribution is 2.26. The Bertz CT molecular complexity index is 833. The van der Waals surface area contributed by atoms with Crippen molar-refractivity contribution in [2.75, 3.05) is 6.54 Å². The number of aromatic nitrogens is 2. The van der Waals surface area contributed by atoms with Gasteiger partial charge in [0.15, 0.2) is 0 Å². The van der Waals surface area contributed by atoms with Gasteiger partial charge in [-0.2, -0.15) is 0 Å². The van der Waals surface area contributed by atoms with Crippen LogP contribution in [-0.2, 0) is 16.8 Å². The summed E-state index contributed by atoms with van der Waals surface area (Å²) in [5.74, 6) is 1.65. The predicted molar refractivity (Wildman–Crippen MR) is 93.4 cm³/mol. The smallest absolute Gasteiger partial charge is 0.254 e. The lowest BCUT2D eigenvalue weighted by Gasteiger charge is -2.23. The van der Waals surface area contributed by atoms with Gasteiger partial charge >= 0.3 is 0 Å². The average molecular weight is 347 g/mol. The Morgan fingerprint density at radius 1 is 1.36 bits per heavy atom. The predicted octanol–water partition coefficient (Wildman–Crippen LogP) is 1.55. The van der Waals surface area contributed by atoms with E-state index in [4.69, 9.17) is 4.42 Å². The first-order valence-electron chi connectivity index (χ1n) is 8.23. The van der Waals surface area contributed by atoms with E-state index in [0.717, 1.165) is 0 Å². The highest BCUT2D eigenvalue weighted by atomic mass is 16.3. The molecule has 25 heavy (non-hydrogen) atoms. The van der Waals surface area contributed by atoms with Crippen LogP contribution in [0.25, 0.3) is 0 Å². The second-order valence-corrected chi connectivity index (χ2v) is 6.59. The fraction of sp³-hybridized carbons (Fsp3) is 0.500. The summed E-state index contributed by atoms with van der Waals surface area (Å²) in [4.78, 5) is 30.9. The van der Waals surface area contributed by atoms with Crippen molar-refractivity contribution in [3.8, 4) is 0 Å². The van der Waals surface area contributed by atoms with E-state index in [-0.39, 0.29) is 24.4 Å². The molecular weight excluding hydrogens is 322 g/mol. The number of carbonyl (C=O) groups is 1. The number of hydrogen-bond acceptors (Lipinski definition) is 5. The number of furan rings is 1. The first kappa shape index (κ1) is 18.9. The molecule has 2 aromatic rings. The summed E-state index contributed by atoms with van der Waals surface area (Å²) in [6.07, 6.45) is 0.445. The maximum Gasteiger partial charge on any atom is 0.254 e. The second kappa shape index (κ2) is 7.23. The molecule has 0 saturated carbocycles. The molecule has 2 aromatic heterocycles. The molecule has 0 aromatic carbocycles. The van der Waals surface area contributed by atoms with Gasteiger partial charge in [-0.1, -0.05) is 0 Å². The Kier molecular flexibility index (Phi) is 5.47. The van der Waals surface area contributed by atoms with Crippen LogP contribution in [0.15, 0.2) is 15.3 Å². The molecule has 7 heteroatoms. The summed E-state index contributed by atoms with van der Waals surface area (Å²) in [6.45, 7) is 8.74. The van der Waals surface area contributed by atoms with Crippen LogP contribution in [0.5, 0.6) is 0 Å². The van der Waals surface area contributed by atoms with Crippen molar-refractivity contribution in [3.05, 3.63) is 50.6 Å². The Morgan fingerprint density at radius 3 is 2.60 bits per heavy atom. The van der Waals surface area contributed by atoms with E-state index in [1.54, 1.807) is 40.7 Å². The number of aliphatic hydroxyl groups is 1. The molecule has 0 aliphatic carbocycles. The normalized spacial score (nSPS) is 13.5. The molecule has 0 bridgehead atoms. The van der Waals surface area contributed by atoms with Gasteiger partial charge in [0.25, 0.3) is 5.56 Å². The maximum atomic E-state index is 12.1. The van der Waals surface area contributed by atoms with Crippen LogP contribution in [0.4, 0.5) is 0 Å². The number of aryl methyl sites for hydroxylation is 4. The van der Waals surface area contributed by atoms with Gasteiger partial charge in [0.2, 0.25) is 5.91 Å². The summed E-state index contributed by atoms with van der Waals surface area (Å²) in [5.41, 5.74) is 0.352. The third-order valence-electron chi connectivity index (χ3n) is 4.19. The van der Waals surface area contributed by atoms with Crippen LogP contribution >= 0.6 is 0 Å². The number of nitrogens with zero attached hydrogens (tertiary/aromatic N) is 1. The SMILES string of the molecule is Cc1nc(C)c(CCC(=O)NCC(C)(O)c2cc(C)oc2C)c(=O)[nH]1. The van der Waals surface area contributed by atoms with Crippen LogP contribution in [0.2, 0.25) is 0 Å².